The number of alkyl halides is 2. The smallest absolute Gasteiger partial charge is 0.387 e. The Morgan fingerprint density at radius 3 is 2.58 bits per heavy atom. The van der Waals surface area contributed by atoms with Crippen molar-refractivity contribution < 1.29 is 36.1 Å². The summed E-state index contributed by atoms with van der Waals surface area (Å²) in [6.45, 7) is -2.20. The van der Waals surface area contributed by atoms with Gasteiger partial charge in [-0.1, -0.05) is 42.5 Å². The minimum Gasteiger partial charge on any atom is -0.490 e. The van der Waals surface area contributed by atoms with Crippen LogP contribution in [0.3, 0.4) is 0 Å². The minimum absolute atomic E-state index is 0.0404. The fourth-order valence-corrected chi connectivity index (χ4v) is 4.67. The molecule has 1 aliphatic heterocycles. The number of primary sulfonamides is 1. The highest BCUT2D eigenvalue weighted by Crippen LogP contribution is 2.49. The number of hydrogen-bond donors (Lipinski definition) is 1. The number of sulfonamides is 1. The molecule has 0 radical (unpaired) electrons. The molecule has 190 valence electrons. The van der Waals surface area contributed by atoms with Crippen LogP contribution < -0.4 is 19.3 Å². The Kier molecular flexibility index (Phi) is 7.88. The van der Waals surface area contributed by atoms with Gasteiger partial charge in [-0.05, 0) is 41.5 Å². The van der Waals surface area contributed by atoms with Crippen LogP contribution in [0.2, 0.25) is 0 Å². The molecule has 3 aromatic carbocycles. The highest BCUT2D eigenvalue weighted by atomic mass is 32.2. The summed E-state index contributed by atoms with van der Waals surface area (Å²) < 4.78 is 71.4. The molecule has 10 heteroatoms. The van der Waals surface area contributed by atoms with Crippen LogP contribution in [0.15, 0.2) is 72.8 Å². The van der Waals surface area contributed by atoms with Gasteiger partial charge in [0.2, 0.25) is 10.0 Å². The van der Waals surface area contributed by atoms with E-state index in [0.29, 0.717) is 47.0 Å². The van der Waals surface area contributed by atoms with E-state index in [1.54, 1.807) is 43.5 Å². The predicted molar refractivity (Wildman–Crippen MR) is 131 cm³/mol. The SMILES string of the molecule is COC/C=C/COc1cccc(C2Oc3cccc(OC(F)F)c3-c3ccc(CS(N)(=O)=O)cc32)c1. The van der Waals surface area contributed by atoms with Crippen molar-refractivity contribution in [1.82, 2.24) is 0 Å². The monoisotopic (exact) mass is 517 g/mol. The summed E-state index contributed by atoms with van der Waals surface area (Å²) in [5.41, 5.74) is 2.71. The largest absolute Gasteiger partial charge is 0.490 e. The van der Waals surface area contributed by atoms with Gasteiger partial charge in [-0.3, -0.25) is 0 Å². The Balaban J connectivity index is 1.76. The average molecular weight is 518 g/mol. The van der Waals surface area contributed by atoms with Crippen LogP contribution in [-0.2, 0) is 20.5 Å². The van der Waals surface area contributed by atoms with Crippen molar-refractivity contribution in [2.75, 3.05) is 20.3 Å². The molecule has 7 nitrogen and oxygen atoms in total. The van der Waals surface area contributed by atoms with Crippen molar-refractivity contribution in [1.29, 1.82) is 0 Å². The lowest BCUT2D eigenvalue weighted by Gasteiger charge is -2.31. The molecular formula is C26H25F2NO6S. The molecule has 4 rings (SSSR count). The molecule has 0 amide bonds. The van der Waals surface area contributed by atoms with Gasteiger partial charge in [0, 0.05) is 18.2 Å². The van der Waals surface area contributed by atoms with Crippen LogP contribution in [0.1, 0.15) is 22.8 Å². The van der Waals surface area contributed by atoms with E-state index in [1.165, 1.54) is 6.07 Å². The fraction of sp³-hybridized carbons (Fsp3) is 0.231. The molecule has 0 saturated carbocycles. The van der Waals surface area contributed by atoms with E-state index in [4.69, 9.17) is 24.1 Å². The zero-order chi connectivity index (χ0) is 25.7. The molecule has 1 atom stereocenters. The molecule has 0 saturated heterocycles. The Morgan fingerprint density at radius 2 is 1.83 bits per heavy atom. The van der Waals surface area contributed by atoms with E-state index < -0.39 is 22.7 Å². The van der Waals surface area contributed by atoms with E-state index in [1.807, 2.05) is 30.4 Å². The zero-order valence-electron chi connectivity index (χ0n) is 19.4. The molecule has 1 aliphatic rings. The zero-order valence-corrected chi connectivity index (χ0v) is 20.2. The Hall–Kier alpha value is -3.47. The van der Waals surface area contributed by atoms with Gasteiger partial charge in [0.1, 0.15) is 30.0 Å². The van der Waals surface area contributed by atoms with Crippen LogP contribution in [0.4, 0.5) is 8.78 Å². The summed E-state index contributed by atoms with van der Waals surface area (Å²) in [6.07, 6.45) is 3.01. The number of methoxy groups -OCH3 is 1. The Bertz CT molecular complexity index is 1360. The Labute approximate surface area is 208 Å². The highest BCUT2D eigenvalue weighted by Gasteiger charge is 2.31. The number of benzene rings is 3. The first-order valence-electron chi connectivity index (χ1n) is 11.0. The first-order valence-corrected chi connectivity index (χ1v) is 12.7. The van der Waals surface area contributed by atoms with Gasteiger partial charge < -0.3 is 18.9 Å². The summed E-state index contributed by atoms with van der Waals surface area (Å²) >= 11 is 0. The second-order valence-corrected chi connectivity index (χ2v) is 9.66. The number of nitrogens with two attached hydrogens (primary N) is 1. The topological polar surface area (TPSA) is 97.1 Å². The third-order valence-corrected chi connectivity index (χ3v) is 6.16. The summed E-state index contributed by atoms with van der Waals surface area (Å²) in [6, 6.07) is 16.9. The van der Waals surface area contributed by atoms with Crippen molar-refractivity contribution in [3.63, 3.8) is 0 Å². The van der Waals surface area contributed by atoms with E-state index in [0.717, 1.165) is 5.56 Å². The van der Waals surface area contributed by atoms with Crippen molar-refractivity contribution >= 4 is 10.0 Å². The van der Waals surface area contributed by atoms with E-state index >= 15 is 0 Å². The van der Waals surface area contributed by atoms with Crippen LogP contribution in [0, 0.1) is 0 Å². The van der Waals surface area contributed by atoms with E-state index in [9.17, 15) is 17.2 Å². The fourth-order valence-electron chi connectivity index (χ4n) is 4.03. The summed E-state index contributed by atoms with van der Waals surface area (Å²) in [5, 5.41) is 5.25. The van der Waals surface area contributed by atoms with Crippen LogP contribution >= 0.6 is 0 Å². The van der Waals surface area contributed by atoms with Gasteiger partial charge in [-0.15, -0.1) is 0 Å². The molecule has 0 aliphatic carbocycles. The van der Waals surface area contributed by atoms with Crippen molar-refractivity contribution in [3.05, 3.63) is 89.5 Å². The molecule has 2 N–H and O–H groups in total. The maximum atomic E-state index is 13.1. The number of rotatable bonds is 10. The standard InChI is InChI=1S/C26H25F2NO6S/c1-32-12-2-3-13-33-19-7-4-6-18(15-19)25-21-14-17(16-36(29,30)31)10-11-20(21)24-22(34-25)8-5-9-23(24)35-26(27)28/h2-11,14-15,25-26H,12-13,16H2,1H3,(H2,29,30,31)/b3-2+. The van der Waals surface area contributed by atoms with Gasteiger partial charge >= 0.3 is 6.61 Å². The van der Waals surface area contributed by atoms with Gasteiger partial charge in [0.05, 0.1) is 17.9 Å². The number of ether oxygens (including phenoxy) is 4. The number of halogens is 2. The first-order chi connectivity index (χ1) is 17.2. The molecule has 0 spiro atoms. The molecule has 0 bridgehead atoms. The predicted octanol–water partition coefficient (Wildman–Crippen LogP) is 4.81. The van der Waals surface area contributed by atoms with Crippen LogP contribution in [-0.4, -0.2) is 35.4 Å². The maximum absolute atomic E-state index is 13.1. The van der Waals surface area contributed by atoms with E-state index in [-0.39, 0.29) is 11.5 Å². The van der Waals surface area contributed by atoms with Crippen molar-refractivity contribution in [2.24, 2.45) is 5.14 Å². The second kappa shape index (κ2) is 11.1. The number of fused-ring (bicyclic) bond motifs is 3. The summed E-state index contributed by atoms with van der Waals surface area (Å²) in [4.78, 5) is 0. The summed E-state index contributed by atoms with van der Waals surface area (Å²) in [5.74, 6) is 0.535. The third-order valence-electron chi connectivity index (χ3n) is 5.42. The lowest BCUT2D eigenvalue weighted by Crippen LogP contribution is -2.18. The normalized spacial score (nSPS) is 14.9. The van der Waals surface area contributed by atoms with Gasteiger partial charge in [0.15, 0.2) is 0 Å². The average Bonchev–Trinajstić information content (AvgIpc) is 2.82. The van der Waals surface area contributed by atoms with Gasteiger partial charge in [0.25, 0.3) is 0 Å². The molecule has 3 aromatic rings. The third kappa shape index (κ3) is 6.20. The maximum Gasteiger partial charge on any atom is 0.387 e. The molecule has 0 fully saturated rings. The first kappa shape index (κ1) is 25.6. The molecule has 36 heavy (non-hydrogen) atoms. The van der Waals surface area contributed by atoms with Crippen LogP contribution in [0.5, 0.6) is 17.2 Å². The lowest BCUT2D eigenvalue weighted by atomic mass is 9.88. The summed E-state index contributed by atoms with van der Waals surface area (Å²) in [7, 11) is -2.19. The number of hydrogen-bond acceptors (Lipinski definition) is 6. The highest BCUT2D eigenvalue weighted by molar-refractivity contribution is 7.88. The minimum atomic E-state index is -3.79. The van der Waals surface area contributed by atoms with Gasteiger partial charge in [-0.25, -0.2) is 13.6 Å². The lowest BCUT2D eigenvalue weighted by molar-refractivity contribution is -0.0496. The second-order valence-electron chi connectivity index (χ2n) is 8.04. The van der Waals surface area contributed by atoms with Crippen LogP contribution in [0.25, 0.3) is 11.1 Å². The quantitative estimate of drug-likeness (QED) is 0.388. The molecular weight excluding hydrogens is 492 g/mol. The molecule has 1 unspecified atom stereocenters. The van der Waals surface area contributed by atoms with Crippen molar-refractivity contribution in [3.8, 4) is 28.4 Å². The van der Waals surface area contributed by atoms with Crippen molar-refractivity contribution in [2.45, 2.75) is 18.5 Å². The molecule has 0 aromatic heterocycles. The molecule has 1 heterocycles. The van der Waals surface area contributed by atoms with Gasteiger partial charge in [-0.2, -0.15) is 8.78 Å². The Morgan fingerprint density at radius 1 is 1.06 bits per heavy atom. The van der Waals surface area contributed by atoms with E-state index in [2.05, 4.69) is 0 Å².